The SMILES string of the molecule is Cc1cnc2n(c1=O)C(C)CCC2=O. The van der Waals surface area contributed by atoms with Gasteiger partial charge in [-0.25, -0.2) is 4.98 Å². The molecule has 0 fully saturated rings. The smallest absolute Gasteiger partial charge is 0.256 e. The molecule has 1 aromatic rings. The second kappa shape index (κ2) is 3.04. The molecule has 0 aromatic carbocycles. The van der Waals surface area contributed by atoms with Gasteiger partial charge in [0.15, 0.2) is 11.6 Å². The maximum atomic E-state index is 11.7. The van der Waals surface area contributed by atoms with E-state index in [4.69, 9.17) is 0 Å². The van der Waals surface area contributed by atoms with Gasteiger partial charge in [-0.3, -0.25) is 14.2 Å². The van der Waals surface area contributed by atoms with Crippen LogP contribution in [0.1, 0.15) is 42.0 Å². The third-order valence-electron chi connectivity index (χ3n) is 2.64. The third-order valence-corrected chi connectivity index (χ3v) is 2.64. The number of hydrogen-bond donors (Lipinski definition) is 0. The van der Waals surface area contributed by atoms with E-state index in [1.54, 1.807) is 6.92 Å². The zero-order chi connectivity index (χ0) is 10.3. The summed E-state index contributed by atoms with van der Waals surface area (Å²) in [6, 6.07) is 0.0857. The van der Waals surface area contributed by atoms with E-state index < -0.39 is 0 Å². The highest BCUT2D eigenvalue weighted by Gasteiger charge is 2.24. The molecule has 2 heterocycles. The molecule has 1 unspecified atom stereocenters. The number of carbonyl (C=O) groups excluding carboxylic acids is 1. The molecule has 0 radical (unpaired) electrons. The molecular weight excluding hydrogens is 180 g/mol. The summed E-state index contributed by atoms with van der Waals surface area (Å²) in [7, 11) is 0. The maximum absolute atomic E-state index is 11.7. The van der Waals surface area contributed by atoms with Crippen LogP contribution in [0.2, 0.25) is 0 Å². The summed E-state index contributed by atoms with van der Waals surface area (Å²) in [6.07, 6.45) is 2.71. The van der Waals surface area contributed by atoms with Crippen LogP contribution in [-0.2, 0) is 0 Å². The van der Waals surface area contributed by atoms with E-state index in [9.17, 15) is 9.59 Å². The predicted molar refractivity (Wildman–Crippen MR) is 51.5 cm³/mol. The Morgan fingerprint density at radius 1 is 1.50 bits per heavy atom. The van der Waals surface area contributed by atoms with Crippen molar-refractivity contribution in [3.63, 3.8) is 0 Å². The highest BCUT2D eigenvalue weighted by atomic mass is 16.1. The monoisotopic (exact) mass is 192 g/mol. The Morgan fingerprint density at radius 2 is 2.21 bits per heavy atom. The van der Waals surface area contributed by atoms with Crippen LogP contribution in [0.25, 0.3) is 0 Å². The lowest BCUT2D eigenvalue weighted by molar-refractivity contribution is 0.0934. The van der Waals surface area contributed by atoms with Crippen LogP contribution in [0.4, 0.5) is 0 Å². The van der Waals surface area contributed by atoms with Gasteiger partial charge in [-0.15, -0.1) is 0 Å². The van der Waals surface area contributed by atoms with E-state index in [0.717, 1.165) is 6.42 Å². The summed E-state index contributed by atoms with van der Waals surface area (Å²) in [5.41, 5.74) is 0.505. The normalized spacial score (nSPS) is 20.7. The average molecular weight is 192 g/mol. The van der Waals surface area contributed by atoms with Gasteiger partial charge in [-0.05, 0) is 20.3 Å². The second-order valence-electron chi connectivity index (χ2n) is 3.75. The first-order valence-corrected chi connectivity index (χ1v) is 4.72. The molecule has 1 atom stereocenters. The number of Topliss-reactive ketones (excluding diaryl/α,β-unsaturated/α-hetero) is 1. The molecule has 0 saturated heterocycles. The Labute approximate surface area is 81.6 Å². The Bertz CT molecular complexity index is 448. The maximum Gasteiger partial charge on any atom is 0.256 e. The lowest BCUT2D eigenvalue weighted by atomic mass is 10.0. The summed E-state index contributed by atoms with van der Waals surface area (Å²) in [6.45, 7) is 3.66. The van der Waals surface area contributed by atoms with Crippen LogP contribution in [0.3, 0.4) is 0 Å². The number of rotatable bonds is 0. The largest absolute Gasteiger partial charge is 0.291 e. The summed E-state index contributed by atoms with van der Waals surface area (Å²) < 4.78 is 1.52. The predicted octanol–water partition coefficient (Wildman–Crippen LogP) is 1.09. The minimum Gasteiger partial charge on any atom is -0.291 e. The number of nitrogens with zero attached hydrogens (tertiary/aromatic N) is 2. The first-order valence-electron chi connectivity index (χ1n) is 4.72. The number of ketones is 1. The van der Waals surface area contributed by atoms with Gasteiger partial charge in [0, 0.05) is 24.2 Å². The quantitative estimate of drug-likeness (QED) is 0.618. The molecule has 4 heteroatoms. The first-order chi connectivity index (χ1) is 6.61. The highest BCUT2D eigenvalue weighted by molar-refractivity contribution is 5.93. The van der Waals surface area contributed by atoms with Crippen LogP contribution >= 0.6 is 0 Å². The number of hydrogen-bond acceptors (Lipinski definition) is 3. The fraction of sp³-hybridized carbons (Fsp3) is 0.500. The molecule has 0 spiro atoms. The fourth-order valence-corrected chi connectivity index (χ4v) is 1.76. The Hall–Kier alpha value is -1.45. The number of aromatic nitrogens is 2. The van der Waals surface area contributed by atoms with Crippen LogP contribution in [-0.4, -0.2) is 15.3 Å². The molecule has 0 N–H and O–H groups in total. The van der Waals surface area contributed by atoms with Crippen molar-refractivity contribution in [3.05, 3.63) is 27.9 Å². The molecule has 1 aliphatic heterocycles. The minimum absolute atomic E-state index is 0.0276. The van der Waals surface area contributed by atoms with Gasteiger partial charge in [-0.2, -0.15) is 0 Å². The first kappa shape index (κ1) is 9.12. The van der Waals surface area contributed by atoms with Gasteiger partial charge in [0.2, 0.25) is 0 Å². The van der Waals surface area contributed by atoms with Crippen LogP contribution < -0.4 is 5.56 Å². The molecule has 74 valence electrons. The zero-order valence-electron chi connectivity index (χ0n) is 8.28. The van der Waals surface area contributed by atoms with Gasteiger partial charge in [0.25, 0.3) is 5.56 Å². The minimum atomic E-state index is -0.0875. The van der Waals surface area contributed by atoms with E-state index in [1.807, 2.05) is 6.92 Å². The van der Waals surface area contributed by atoms with Gasteiger partial charge in [0.1, 0.15) is 0 Å². The molecule has 0 saturated carbocycles. The van der Waals surface area contributed by atoms with Crippen molar-refractivity contribution in [2.45, 2.75) is 32.7 Å². The molecule has 0 bridgehead atoms. The van der Waals surface area contributed by atoms with Gasteiger partial charge in [-0.1, -0.05) is 0 Å². The van der Waals surface area contributed by atoms with Crippen molar-refractivity contribution in [2.24, 2.45) is 0 Å². The Balaban J connectivity index is 2.74. The molecule has 14 heavy (non-hydrogen) atoms. The van der Waals surface area contributed by atoms with Crippen LogP contribution in [0, 0.1) is 6.92 Å². The van der Waals surface area contributed by atoms with Gasteiger partial charge < -0.3 is 0 Å². The van der Waals surface area contributed by atoms with Gasteiger partial charge >= 0.3 is 0 Å². The lowest BCUT2D eigenvalue weighted by Gasteiger charge is -2.22. The Kier molecular flexibility index (Phi) is 1.98. The van der Waals surface area contributed by atoms with Crippen molar-refractivity contribution in [3.8, 4) is 0 Å². The summed E-state index contributed by atoms with van der Waals surface area (Å²) in [5, 5.41) is 0. The van der Waals surface area contributed by atoms with Crippen molar-refractivity contribution in [2.75, 3.05) is 0 Å². The van der Waals surface area contributed by atoms with E-state index in [2.05, 4.69) is 4.98 Å². The number of carbonyl (C=O) groups is 1. The fourth-order valence-electron chi connectivity index (χ4n) is 1.76. The molecule has 2 rings (SSSR count). The van der Waals surface area contributed by atoms with Crippen LogP contribution in [0.15, 0.2) is 11.0 Å². The molecule has 1 aliphatic rings. The van der Waals surface area contributed by atoms with Crippen molar-refractivity contribution in [1.82, 2.24) is 9.55 Å². The van der Waals surface area contributed by atoms with Crippen molar-refractivity contribution < 1.29 is 4.79 Å². The lowest BCUT2D eigenvalue weighted by Crippen LogP contribution is -2.34. The van der Waals surface area contributed by atoms with Crippen molar-refractivity contribution >= 4 is 5.78 Å². The molecule has 4 nitrogen and oxygen atoms in total. The van der Waals surface area contributed by atoms with E-state index in [-0.39, 0.29) is 17.4 Å². The average Bonchev–Trinajstić information content (AvgIpc) is 2.16. The van der Waals surface area contributed by atoms with E-state index in [0.29, 0.717) is 17.8 Å². The molecule has 0 aliphatic carbocycles. The van der Waals surface area contributed by atoms with Crippen LogP contribution in [0.5, 0.6) is 0 Å². The molecule has 1 aromatic heterocycles. The molecule has 0 amide bonds. The number of fused-ring (bicyclic) bond motifs is 1. The highest BCUT2D eigenvalue weighted by Crippen LogP contribution is 2.20. The summed E-state index contributed by atoms with van der Waals surface area (Å²) in [4.78, 5) is 27.2. The van der Waals surface area contributed by atoms with E-state index in [1.165, 1.54) is 10.8 Å². The Morgan fingerprint density at radius 3 is 2.93 bits per heavy atom. The van der Waals surface area contributed by atoms with E-state index >= 15 is 0 Å². The second-order valence-corrected chi connectivity index (χ2v) is 3.75. The third kappa shape index (κ3) is 1.18. The standard InChI is InChI=1S/C10H12N2O2/c1-6-5-11-9-8(13)4-3-7(2)12(9)10(6)14/h5,7H,3-4H2,1-2H3. The summed E-state index contributed by atoms with van der Waals surface area (Å²) in [5.74, 6) is 0.291. The number of aryl methyl sites for hydroxylation is 1. The zero-order valence-corrected chi connectivity index (χ0v) is 8.28. The molecular formula is C10H12N2O2. The topological polar surface area (TPSA) is 52.0 Å². The van der Waals surface area contributed by atoms with Crippen molar-refractivity contribution in [1.29, 1.82) is 0 Å². The summed E-state index contributed by atoms with van der Waals surface area (Å²) >= 11 is 0. The van der Waals surface area contributed by atoms with Gasteiger partial charge in [0.05, 0.1) is 0 Å².